The van der Waals surface area contributed by atoms with Gasteiger partial charge in [-0.1, -0.05) is 23.2 Å². The summed E-state index contributed by atoms with van der Waals surface area (Å²) in [5.41, 5.74) is 0. The summed E-state index contributed by atoms with van der Waals surface area (Å²) in [4.78, 5) is 4.52. The molecule has 4 nitrogen and oxygen atoms in total. The fraction of sp³-hybridized carbons (Fsp3) is 0.100. The molecule has 2 heterocycles. The van der Waals surface area contributed by atoms with Crippen molar-refractivity contribution in [1.82, 2.24) is 9.71 Å². The van der Waals surface area contributed by atoms with Crippen molar-refractivity contribution in [2.75, 3.05) is 0 Å². The van der Waals surface area contributed by atoms with Crippen LogP contribution in [0.25, 0.3) is 0 Å². The first-order valence-corrected chi connectivity index (χ1v) is 7.89. The fourth-order valence-corrected chi connectivity index (χ4v) is 3.84. The van der Waals surface area contributed by atoms with Crippen molar-refractivity contribution in [1.29, 1.82) is 0 Å². The second kappa shape index (κ2) is 5.54. The maximum absolute atomic E-state index is 12.0. The number of nitrogens with one attached hydrogen (secondary N) is 1. The number of hydrogen-bond acceptors (Lipinski definition) is 4. The first kappa shape index (κ1) is 13.8. The van der Waals surface area contributed by atoms with E-state index in [1.54, 1.807) is 12.1 Å². The van der Waals surface area contributed by atoms with Crippen LogP contribution in [-0.4, -0.2) is 13.4 Å². The van der Waals surface area contributed by atoms with E-state index in [-0.39, 0.29) is 16.6 Å². The zero-order valence-electron chi connectivity index (χ0n) is 8.93. The van der Waals surface area contributed by atoms with Gasteiger partial charge < -0.3 is 0 Å². The molecule has 0 unspecified atom stereocenters. The van der Waals surface area contributed by atoms with Crippen LogP contribution in [0.15, 0.2) is 35.4 Å². The smallest absolute Gasteiger partial charge is 0.243 e. The summed E-state index contributed by atoms with van der Waals surface area (Å²) in [7, 11) is -3.66. The lowest BCUT2D eigenvalue weighted by atomic mass is 10.5. The molecule has 2 rings (SSSR count). The third-order valence-electron chi connectivity index (χ3n) is 2.08. The molecule has 0 fully saturated rings. The molecule has 0 aliphatic rings. The van der Waals surface area contributed by atoms with Crippen molar-refractivity contribution >= 4 is 44.6 Å². The van der Waals surface area contributed by atoms with E-state index in [9.17, 15) is 8.42 Å². The maximum atomic E-state index is 12.0. The van der Waals surface area contributed by atoms with E-state index in [2.05, 4.69) is 9.71 Å². The SMILES string of the molecule is O=S(=O)(NCc1ccc(Cl)s1)c1cccnc1Cl. The molecule has 0 aliphatic carbocycles. The summed E-state index contributed by atoms with van der Waals surface area (Å²) < 4.78 is 27.0. The highest BCUT2D eigenvalue weighted by atomic mass is 35.5. The monoisotopic (exact) mass is 322 g/mol. The molecule has 0 saturated carbocycles. The van der Waals surface area contributed by atoms with Gasteiger partial charge in [-0.2, -0.15) is 0 Å². The highest BCUT2D eigenvalue weighted by Crippen LogP contribution is 2.22. The van der Waals surface area contributed by atoms with E-state index in [0.29, 0.717) is 4.34 Å². The van der Waals surface area contributed by atoms with E-state index >= 15 is 0 Å². The molecule has 0 radical (unpaired) electrons. The minimum Gasteiger partial charge on any atom is -0.243 e. The molecular formula is C10H8Cl2N2O2S2. The Kier molecular flexibility index (Phi) is 4.24. The van der Waals surface area contributed by atoms with Gasteiger partial charge in [0.05, 0.1) is 4.34 Å². The molecule has 1 N–H and O–H groups in total. The summed E-state index contributed by atoms with van der Waals surface area (Å²) in [5, 5.41) is -0.0470. The lowest BCUT2D eigenvalue weighted by Crippen LogP contribution is -2.23. The first-order valence-electron chi connectivity index (χ1n) is 4.83. The molecule has 2 aromatic heterocycles. The number of pyridine rings is 1. The van der Waals surface area contributed by atoms with Crippen LogP contribution >= 0.6 is 34.5 Å². The molecule has 0 amide bonds. The topological polar surface area (TPSA) is 59.1 Å². The van der Waals surface area contributed by atoms with Crippen LogP contribution < -0.4 is 4.72 Å². The summed E-state index contributed by atoms with van der Waals surface area (Å²) in [5.74, 6) is 0. The van der Waals surface area contributed by atoms with Gasteiger partial charge in [0.2, 0.25) is 10.0 Å². The summed E-state index contributed by atoms with van der Waals surface area (Å²) in [6.45, 7) is 0.172. The normalized spacial score (nSPS) is 11.7. The van der Waals surface area contributed by atoms with Crippen LogP contribution in [0.3, 0.4) is 0 Å². The Bertz CT molecular complexity index is 655. The average Bonchev–Trinajstić information content (AvgIpc) is 2.73. The average molecular weight is 323 g/mol. The van der Waals surface area contributed by atoms with Crippen molar-refractivity contribution in [3.05, 3.63) is 44.8 Å². The predicted octanol–water partition coefficient (Wildman–Crippen LogP) is 2.93. The number of rotatable bonds is 4. The standard InChI is InChI=1S/C10H8Cl2N2O2S2/c11-9-4-3-7(17-9)6-14-18(15,16)8-2-1-5-13-10(8)12/h1-5,14H,6H2. The molecule has 96 valence electrons. The fourth-order valence-electron chi connectivity index (χ4n) is 1.26. The molecule has 0 saturated heterocycles. The Hall–Kier alpha value is -0.660. The van der Waals surface area contributed by atoms with Gasteiger partial charge >= 0.3 is 0 Å². The molecule has 0 atom stereocenters. The maximum Gasteiger partial charge on any atom is 0.243 e. The van der Waals surface area contributed by atoms with Crippen LogP contribution in [-0.2, 0) is 16.6 Å². The van der Waals surface area contributed by atoms with Crippen molar-refractivity contribution in [3.8, 4) is 0 Å². The summed E-state index contributed by atoms with van der Waals surface area (Å²) in [6, 6.07) is 6.40. The number of nitrogens with zero attached hydrogens (tertiary/aromatic N) is 1. The largest absolute Gasteiger partial charge is 0.243 e. The van der Waals surface area contributed by atoms with Gasteiger partial charge in [-0.3, -0.25) is 0 Å². The van der Waals surface area contributed by atoms with Gasteiger partial charge in [-0.25, -0.2) is 18.1 Å². The van der Waals surface area contributed by atoms with Crippen LogP contribution in [0.4, 0.5) is 0 Å². The van der Waals surface area contributed by atoms with Crippen molar-refractivity contribution in [2.24, 2.45) is 0 Å². The summed E-state index contributed by atoms with van der Waals surface area (Å²) in [6.07, 6.45) is 1.43. The van der Waals surface area contributed by atoms with Gasteiger partial charge in [-0.05, 0) is 24.3 Å². The summed E-state index contributed by atoms with van der Waals surface area (Å²) >= 11 is 12.8. The minimum absolute atomic E-state index is 0.0330. The van der Waals surface area contributed by atoms with E-state index in [1.165, 1.54) is 29.7 Å². The van der Waals surface area contributed by atoms with Crippen LogP contribution in [0.5, 0.6) is 0 Å². The number of halogens is 2. The van der Waals surface area contributed by atoms with Crippen LogP contribution in [0.1, 0.15) is 4.88 Å². The van der Waals surface area contributed by atoms with Crippen molar-refractivity contribution in [3.63, 3.8) is 0 Å². The van der Waals surface area contributed by atoms with E-state index in [4.69, 9.17) is 23.2 Å². The number of hydrogen-bond donors (Lipinski definition) is 1. The van der Waals surface area contributed by atoms with Gasteiger partial charge in [0.1, 0.15) is 10.0 Å². The predicted molar refractivity (Wildman–Crippen MR) is 72.6 cm³/mol. The second-order valence-electron chi connectivity index (χ2n) is 3.32. The lowest BCUT2D eigenvalue weighted by Gasteiger charge is -2.06. The van der Waals surface area contributed by atoms with Gasteiger partial charge in [-0.15, -0.1) is 11.3 Å². The second-order valence-corrected chi connectivity index (χ2v) is 7.22. The Morgan fingerprint density at radius 1 is 1.28 bits per heavy atom. The number of thiophene rings is 1. The quantitative estimate of drug-likeness (QED) is 0.880. The van der Waals surface area contributed by atoms with E-state index < -0.39 is 10.0 Å². The zero-order chi connectivity index (χ0) is 13.2. The van der Waals surface area contributed by atoms with Crippen LogP contribution in [0, 0.1) is 0 Å². The lowest BCUT2D eigenvalue weighted by molar-refractivity contribution is 0.581. The molecule has 0 spiro atoms. The Morgan fingerprint density at radius 3 is 2.67 bits per heavy atom. The molecule has 0 aromatic carbocycles. The third kappa shape index (κ3) is 3.21. The van der Waals surface area contributed by atoms with Crippen molar-refractivity contribution in [2.45, 2.75) is 11.4 Å². The highest BCUT2D eigenvalue weighted by Gasteiger charge is 2.18. The third-order valence-corrected chi connectivity index (χ3v) is 5.16. The molecule has 2 aromatic rings. The number of aromatic nitrogens is 1. The Labute approximate surface area is 119 Å². The number of sulfonamides is 1. The van der Waals surface area contributed by atoms with Crippen molar-refractivity contribution < 1.29 is 8.42 Å². The van der Waals surface area contributed by atoms with Gasteiger partial charge in [0, 0.05) is 17.6 Å². The van der Waals surface area contributed by atoms with Gasteiger partial charge in [0.25, 0.3) is 0 Å². The highest BCUT2D eigenvalue weighted by molar-refractivity contribution is 7.89. The molecule has 8 heteroatoms. The van der Waals surface area contributed by atoms with Gasteiger partial charge in [0.15, 0.2) is 0 Å². The minimum atomic E-state index is -3.66. The Morgan fingerprint density at radius 2 is 2.06 bits per heavy atom. The zero-order valence-corrected chi connectivity index (χ0v) is 12.1. The Balaban J connectivity index is 2.16. The molecule has 0 bridgehead atoms. The molecule has 0 aliphatic heterocycles. The van der Waals surface area contributed by atoms with Crippen LogP contribution in [0.2, 0.25) is 9.49 Å². The van der Waals surface area contributed by atoms with E-state index in [0.717, 1.165) is 4.88 Å². The first-order chi connectivity index (χ1) is 8.49. The molecule has 18 heavy (non-hydrogen) atoms. The van der Waals surface area contributed by atoms with E-state index in [1.807, 2.05) is 0 Å². The molecular weight excluding hydrogens is 315 g/mol.